The molecule has 0 saturated carbocycles. The van der Waals surface area contributed by atoms with E-state index >= 15 is 0 Å². The molecule has 4 nitrogen and oxygen atoms in total. The third-order valence-electron chi connectivity index (χ3n) is 7.40. The number of carbonyl (C=O) groups excluding carboxylic acids is 1. The zero-order chi connectivity index (χ0) is 23.0. The highest BCUT2D eigenvalue weighted by molar-refractivity contribution is 5.91. The van der Waals surface area contributed by atoms with Gasteiger partial charge in [-0.25, -0.2) is 0 Å². The van der Waals surface area contributed by atoms with Crippen LogP contribution in [0.2, 0.25) is 0 Å². The van der Waals surface area contributed by atoms with E-state index in [9.17, 15) is 9.90 Å². The van der Waals surface area contributed by atoms with E-state index in [0.29, 0.717) is 12.2 Å². The van der Waals surface area contributed by atoms with E-state index in [4.69, 9.17) is 4.42 Å². The molecule has 31 heavy (non-hydrogen) atoms. The van der Waals surface area contributed by atoms with Gasteiger partial charge in [0.1, 0.15) is 5.76 Å². The Kier molecular flexibility index (Phi) is 6.71. The molecule has 1 heterocycles. The van der Waals surface area contributed by atoms with Crippen LogP contribution in [0.1, 0.15) is 99.4 Å². The molecule has 1 aliphatic rings. The number of carbonyl (C=O) groups is 1. The summed E-state index contributed by atoms with van der Waals surface area (Å²) in [6.07, 6.45) is 3.94. The monoisotopic (exact) mass is 425 g/mol. The second-order valence-electron chi connectivity index (χ2n) is 10.7. The van der Waals surface area contributed by atoms with Crippen LogP contribution in [0.3, 0.4) is 0 Å². The normalized spacial score (nSPS) is 18.8. The highest BCUT2D eigenvalue weighted by Crippen LogP contribution is 2.46. The maximum absolute atomic E-state index is 12.6. The predicted molar refractivity (Wildman–Crippen MR) is 126 cm³/mol. The van der Waals surface area contributed by atoms with Crippen molar-refractivity contribution >= 4 is 5.91 Å². The number of rotatable bonds is 7. The molecule has 0 aliphatic heterocycles. The van der Waals surface area contributed by atoms with Gasteiger partial charge in [0.2, 0.25) is 0 Å². The number of aliphatic hydroxyl groups is 1. The molecule has 0 radical (unpaired) electrons. The van der Waals surface area contributed by atoms with Crippen LogP contribution in [-0.4, -0.2) is 23.7 Å². The number of aryl methyl sites for hydroxylation is 1. The van der Waals surface area contributed by atoms with Crippen molar-refractivity contribution in [1.29, 1.82) is 0 Å². The summed E-state index contributed by atoms with van der Waals surface area (Å²) in [5.41, 5.74) is 5.78. The molecule has 3 rings (SSSR count). The smallest absolute Gasteiger partial charge is 0.287 e. The van der Waals surface area contributed by atoms with E-state index < -0.39 is 0 Å². The van der Waals surface area contributed by atoms with E-state index in [1.807, 2.05) is 19.9 Å². The van der Waals surface area contributed by atoms with E-state index in [1.54, 1.807) is 6.07 Å². The Labute approximate surface area is 187 Å². The number of aliphatic hydroxyl groups excluding tert-OH is 1. The van der Waals surface area contributed by atoms with Gasteiger partial charge >= 0.3 is 0 Å². The number of hydrogen-bond acceptors (Lipinski definition) is 3. The number of hydrogen-bond donors (Lipinski definition) is 2. The van der Waals surface area contributed by atoms with E-state index in [0.717, 1.165) is 12.2 Å². The summed E-state index contributed by atoms with van der Waals surface area (Å²) in [6.45, 7) is 15.5. The first-order chi connectivity index (χ1) is 14.5. The molecule has 0 saturated heterocycles. The molecule has 2 unspecified atom stereocenters. The van der Waals surface area contributed by atoms with Crippen molar-refractivity contribution in [1.82, 2.24) is 5.32 Å². The van der Waals surface area contributed by atoms with Crippen molar-refractivity contribution in [3.05, 3.63) is 58.0 Å². The fourth-order valence-corrected chi connectivity index (χ4v) is 4.63. The summed E-state index contributed by atoms with van der Waals surface area (Å²) < 4.78 is 5.91. The first kappa shape index (κ1) is 23.6. The van der Waals surface area contributed by atoms with Crippen LogP contribution in [-0.2, 0) is 17.3 Å². The Balaban J connectivity index is 1.82. The third-order valence-corrected chi connectivity index (χ3v) is 7.40. The van der Waals surface area contributed by atoms with Crippen molar-refractivity contribution in [2.45, 2.75) is 91.0 Å². The van der Waals surface area contributed by atoms with Crippen LogP contribution in [0.15, 0.2) is 28.7 Å². The van der Waals surface area contributed by atoms with Gasteiger partial charge in [0, 0.05) is 6.42 Å². The summed E-state index contributed by atoms with van der Waals surface area (Å²) in [7, 11) is 0. The Morgan fingerprint density at radius 2 is 1.74 bits per heavy atom. The molecular formula is C27H39NO3. The van der Waals surface area contributed by atoms with Gasteiger partial charge in [-0.1, -0.05) is 60.1 Å². The highest BCUT2D eigenvalue weighted by atomic mass is 16.3. The third kappa shape index (κ3) is 4.90. The molecule has 0 fully saturated rings. The van der Waals surface area contributed by atoms with Crippen LogP contribution >= 0.6 is 0 Å². The van der Waals surface area contributed by atoms with Crippen molar-refractivity contribution in [3.63, 3.8) is 0 Å². The molecular weight excluding hydrogens is 386 g/mol. The van der Waals surface area contributed by atoms with Crippen LogP contribution in [0.25, 0.3) is 0 Å². The SMILES string of the molecule is CCC(C)C(CO)NC(=O)c1ccc(Cc2cc3c(cc2C)C(C)(C)CCC3(C)C)o1. The molecule has 4 heteroatoms. The second-order valence-corrected chi connectivity index (χ2v) is 10.7. The Hall–Kier alpha value is -2.07. The molecule has 170 valence electrons. The summed E-state index contributed by atoms with van der Waals surface area (Å²) >= 11 is 0. The van der Waals surface area contributed by atoms with Gasteiger partial charge in [-0.05, 0) is 70.9 Å². The minimum Gasteiger partial charge on any atom is -0.456 e. The minimum absolute atomic E-state index is 0.0746. The standard InChI is InChI=1S/C27H39NO3/c1-8-17(2)23(16-29)28-25(30)24-10-9-20(31-24)14-19-15-22-21(13-18(19)3)26(4,5)11-12-27(22,6)7/h9-10,13,15,17,23,29H,8,11-12,14,16H2,1-7H3,(H,28,30). The maximum Gasteiger partial charge on any atom is 0.287 e. The van der Waals surface area contributed by atoms with E-state index in [-0.39, 0.29) is 35.3 Å². The lowest BCUT2D eigenvalue weighted by Crippen LogP contribution is -2.41. The lowest BCUT2D eigenvalue weighted by molar-refractivity contribution is 0.0862. The van der Waals surface area contributed by atoms with Gasteiger partial charge < -0.3 is 14.8 Å². The fourth-order valence-electron chi connectivity index (χ4n) is 4.63. The molecule has 0 bridgehead atoms. The number of amides is 1. The average Bonchev–Trinajstić information content (AvgIpc) is 3.19. The number of benzene rings is 1. The fraction of sp³-hybridized carbons (Fsp3) is 0.593. The second kappa shape index (κ2) is 8.82. The van der Waals surface area contributed by atoms with Gasteiger partial charge in [-0.15, -0.1) is 0 Å². The maximum atomic E-state index is 12.6. The summed E-state index contributed by atoms with van der Waals surface area (Å²) in [6, 6.07) is 8.08. The van der Waals surface area contributed by atoms with Gasteiger partial charge in [0.15, 0.2) is 5.76 Å². The first-order valence-corrected chi connectivity index (χ1v) is 11.6. The highest BCUT2D eigenvalue weighted by Gasteiger charge is 2.37. The van der Waals surface area contributed by atoms with Crippen LogP contribution < -0.4 is 5.32 Å². The lowest BCUT2D eigenvalue weighted by Gasteiger charge is -2.42. The van der Waals surface area contributed by atoms with Crippen LogP contribution in [0.4, 0.5) is 0 Å². The quantitative estimate of drug-likeness (QED) is 0.601. The van der Waals surface area contributed by atoms with Crippen molar-refractivity contribution in [2.24, 2.45) is 5.92 Å². The molecule has 0 spiro atoms. The lowest BCUT2D eigenvalue weighted by atomic mass is 9.62. The Morgan fingerprint density at radius 1 is 1.13 bits per heavy atom. The summed E-state index contributed by atoms with van der Waals surface area (Å²) in [5.74, 6) is 1.02. The molecule has 1 amide bonds. The minimum atomic E-state index is -0.268. The number of fused-ring (bicyclic) bond motifs is 1. The average molecular weight is 426 g/mol. The zero-order valence-electron chi connectivity index (χ0n) is 20.3. The van der Waals surface area contributed by atoms with Crippen molar-refractivity contribution < 1.29 is 14.3 Å². The van der Waals surface area contributed by atoms with Gasteiger partial charge in [0.25, 0.3) is 5.91 Å². The molecule has 2 aromatic rings. The van der Waals surface area contributed by atoms with Gasteiger partial charge in [-0.2, -0.15) is 0 Å². The van der Waals surface area contributed by atoms with Crippen molar-refractivity contribution in [3.8, 4) is 0 Å². The van der Waals surface area contributed by atoms with E-state index in [2.05, 4.69) is 52.1 Å². The van der Waals surface area contributed by atoms with Crippen LogP contribution in [0, 0.1) is 12.8 Å². The molecule has 2 N–H and O–H groups in total. The summed E-state index contributed by atoms with van der Waals surface area (Å²) in [5, 5.41) is 12.5. The topological polar surface area (TPSA) is 62.5 Å². The Bertz CT molecular complexity index is 938. The van der Waals surface area contributed by atoms with Gasteiger partial charge in [0.05, 0.1) is 12.6 Å². The Morgan fingerprint density at radius 3 is 2.32 bits per heavy atom. The predicted octanol–water partition coefficient (Wildman–Crippen LogP) is 5.66. The summed E-state index contributed by atoms with van der Waals surface area (Å²) in [4.78, 5) is 12.6. The number of nitrogens with one attached hydrogen (secondary N) is 1. The zero-order valence-corrected chi connectivity index (χ0v) is 20.3. The molecule has 1 aromatic carbocycles. The largest absolute Gasteiger partial charge is 0.456 e. The van der Waals surface area contributed by atoms with Crippen LogP contribution in [0.5, 0.6) is 0 Å². The number of furan rings is 1. The van der Waals surface area contributed by atoms with E-state index in [1.165, 1.54) is 35.1 Å². The van der Waals surface area contributed by atoms with Gasteiger partial charge in [-0.3, -0.25) is 4.79 Å². The van der Waals surface area contributed by atoms with Crippen molar-refractivity contribution in [2.75, 3.05) is 6.61 Å². The molecule has 1 aromatic heterocycles. The molecule has 1 aliphatic carbocycles. The molecule has 2 atom stereocenters. The first-order valence-electron chi connectivity index (χ1n) is 11.6.